The van der Waals surface area contributed by atoms with E-state index in [1.165, 1.54) is 7.11 Å². The summed E-state index contributed by atoms with van der Waals surface area (Å²) in [6.07, 6.45) is -0.720. The van der Waals surface area contributed by atoms with E-state index in [1.807, 2.05) is 19.1 Å². The van der Waals surface area contributed by atoms with Crippen LogP contribution in [0.5, 0.6) is 11.5 Å². The average Bonchev–Trinajstić information content (AvgIpc) is 2.63. The first-order valence-electron chi connectivity index (χ1n) is 7.93. The van der Waals surface area contributed by atoms with Crippen LogP contribution in [0, 0.1) is 0 Å². The number of amides is 1. The molecule has 0 bridgehead atoms. The van der Waals surface area contributed by atoms with Crippen LogP contribution in [0.1, 0.15) is 24.2 Å². The summed E-state index contributed by atoms with van der Waals surface area (Å²) in [5.74, 6) is 0.364. The lowest BCUT2D eigenvalue weighted by Crippen LogP contribution is -2.24. The molecular formula is C19H21NO5. The predicted molar refractivity (Wildman–Crippen MR) is 94.1 cm³/mol. The minimum absolute atomic E-state index is 0.264. The van der Waals surface area contributed by atoms with Crippen LogP contribution >= 0.6 is 0 Å². The van der Waals surface area contributed by atoms with Gasteiger partial charge in [-0.25, -0.2) is 4.79 Å². The van der Waals surface area contributed by atoms with Crippen LogP contribution in [-0.4, -0.2) is 31.7 Å². The molecule has 6 nitrogen and oxygen atoms in total. The van der Waals surface area contributed by atoms with Gasteiger partial charge in [-0.3, -0.25) is 4.79 Å². The Hall–Kier alpha value is -3.02. The van der Waals surface area contributed by atoms with E-state index in [4.69, 9.17) is 9.47 Å². The maximum atomic E-state index is 12.4. The fourth-order valence-corrected chi connectivity index (χ4v) is 2.15. The zero-order chi connectivity index (χ0) is 18.2. The standard InChI is InChI=1S/C19H21NO5/c1-4-24-17-8-6-5-7-16(17)20-18(21)14-9-11-15(12-10-14)25-13(2)19(22)23-3/h5-13H,4H2,1-3H3,(H,20,21). The van der Waals surface area contributed by atoms with Crippen LogP contribution in [0.4, 0.5) is 5.69 Å². The molecule has 1 unspecified atom stereocenters. The number of ether oxygens (including phenoxy) is 3. The number of anilines is 1. The van der Waals surface area contributed by atoms with E-state index in [0.29, 0.717) is 29.4 Å². The minimum atomic E-state index is -0.720. The zero-order valence-corrected chi connectivity index (χ0v) is 14.4. The van der Waals surface area contributed by atoms with E-state index < -0.39 is 12.1 Å². The summed E-state index contributed by atoms with van der Waals surface area (Å²) in [7, 11) is 1.30. The van der Waals surface area contributed by atoms with Gasteiger partial charge in [0.15, 0.2) is 6.10 Å². The molecule has 132 valence electrons. The average molecular weight is 343 g/mol. The Morgan fingerprint density at radius 3 is 2.40 bits per heavy atom. The van der Waals surface area contributed by atoms with Crippen molar-refractivity contribution in [1.29, 1.82) is 0 Å². The van der Waals surface area contributed by atoms with Gasteiger partial charge in [0.25, 0.3) is 5.91 Å². The molecule has 0 saturated carbocycles. The molecule has 0 saturated heterocycles. The molecule has 25 heavy (non-hydrogen) atoms. The van der Waals surface area contributed by atoms with Crippen molar-refractivity contribution in [2.45, 2.75) is 20.0 Å². The molecule has 0 aliphatic carbocycles. The molecule has 2 aromatic rings. The molecule has 0 radical (unpaired) electrons. The van der Waals surface area contributed by atoms with Crippen molar-refractivity contribution in [3.05, 3.63) is 54.1 Å². The second-order valence-electron chi connectivity index (χ2n) is 5.19. The first-order chi connectivity index (χ1) is 12.0. The second kappa shape index (κ2) is 8.73. The summed E-state index contributed by atoms with van der Waals surface area (Å²) < 4.78 is 15.5. The molecular weight excluding hydrogens is 322 g/mol. The highest BCUT2D eigenvalue weighted by molar-refractivity contribution is 6.05. The fourth-order valence-electron chi connectivity index (χ4n) is 2.15. The maximum absolute atomic E-state index is 12.4. The smallest absolute Gasteiger partial charge is 0.346 e. The van der Waals surface area contributed by atoms with Gasteiger partial charge >= 0.3 is 5.97 Å². The Labute approximate surface area is 146 Å². The molecule has 0 aliphatic rings. The van der Waals surface area contributed by atoms with Gasteiger partial charge in [-0.05, 0) is 50.2 Å². The third-order valence-electron chi connectivity index (χ3n) is 3.40. The molecule has 0 fully saturated rings. The number of hydrogen-bond donors (Lipinski definition) is 1. The molecule has 0 heterocycles. The van der Waals surface area contributed by atoms with Crippen LogP contribution in [0.2, 0.25) is 0 Å². The van der Waals surface area contributed by atoms with Crippen LogP contribution in [0.3, 0.4) is 0 Å². The highest BCUT2D eigenvalue weighted by atomic mass is 16.6. The van der Waals surface area contributed by atoms with Gasteiger partial charge in [0, 0.05) is 5.56 Å². The summed E-state index contributed by atoms with van der Waals surface area (Å²) in [6, 6.07) is 13.7. The van der Waals surface area contributed by atoms with Crippen molar-refractivity contribution < 1.29 is 23.8 Å². The number of para-hydroxylation sites is 2. The van der Waals surface area contributed by atoms with Gasteiger partial charge in [0.1, 0.15) is 11.5 Å². The van der Waals surface area contributed by atoms with Gasteiger partial charge in [-0.2, -0.15) is 0 Å². The normalized spacial score (nSPS) is 11.3. The van der Waals surface area contributed by atoms with Gasteiger partial charge in [0.05, 0.1) is 19.4 Å². The third kappa shape index (κ3) is 4.97. The monoisotopic (exact) mass is 343 g/mol. The third-order valence-corrected chi connectivity index (χ3v) is 3.40. The number of benzene rings is 2. The lowest BCUT2D eigenvalue weighted by atomic mass is 10.2. The number of methoxy groups -OCH3 is 1. The van der Waals surface area contributed by atoms with Crippen molar-refractivity contribution in [3.63, 3.8) is 0 Å². The van der Waals surface area contributed by atoms with Gasteiger partial charge in [-0.1, -0.05) is 12.1 Å². The van der Waals surface area contributed by atoms with Gasteiger partial charge in [0.2, 0.25) is 0 Å². The molecule has 2 aromatic carbocycles. The Morgan fingerprint density at radius 1 is 1.08 bits per heavy atom. The summed E-state index contributed by atoms with van der Waals surface area (Å²) >= 11 is 0. The Morgan fingerprint density at radius 2 is 1.76 bits per heavy atom. The largest absolute Gasteiger partial charge is 0.492 e. The van der Waals surface area contributed by atoms with E-state index in [-0.39, 0.29) is 5.91 Å². The van der Waals surface area contributed by atoms with E-state index >= 15 is 0 Å². The molecule has 2 rings (SSSR count). The maximum Gasteiger partial charge on any atom is 0.346 e. The second-order valence-corrected chi connectivity index (χ2v) is 5.19. The quantitative estimate of drug-likeness (QED) is 0.781. The zero-order valence-electron chi connectivity index (χ0n) is 14.4. The van der Waals surface area contributed by atoms with Crippen molar-refractivity contribution in [1.82, 2.24) is 0 Å². The van der Waals surface area contributed by atoms with E-state index in [2.05, 4.69) is 10.1 Å². The molecule has 1 amide bonds. The number of carbonyl (C=O) groups is 2. The molecule has 0 spiro atoms. The number of hydrogen-bond acceptors (Lipinski definition) is 5. The van der Waals surface area contributed by atoms with E-state index in [1.54, 1.807) is 43.3 Å². The molecule has 6 heteroatoms. The molecule has 0 aliphatic heterocycles. The lowest BCUT2D eigenvalue weighted by Gasteiger charge is -2.13. The topological polar surface area (TPSA) is 73.9 Å². The van der Waals surface area contributed by atoms with E-state index in [9.17, 15) is 9.59 Å². The summed E-state index contributed by atoms with van der Waals surface area (Å²) in [6.45, 7) is 3.99. The Bertz CT molecular complexity index is 727. The van der Waals surface area contributed by atoms with E-state index in [0.717, 1.165) is 0 Å². The minimum Gasteiger partial charge on any atom is -0.492 e. The number of esters is 1. The molecule has 1 N–H and O–H groups in total. The predicted octanol–water partition coefficient (Wildman–Crippen LogP) is 3.28. The van der Waals surface area contributed by atoms with Crippen molar-refractivity contribution in [3.8, 4) is 11.5 Å². The van der Waals surface area contributed by atoms with Crippen molar-refractivity contribution in [2.75, 3.05) is 19.0 Å². The van der Waals surface area contributed by atoms with Gasteiger partial charge in [-0.15, -0.1) is 0 Å². The Balaban J connectivity index is 2.04. The van der Waals surface area contributed by atoms with Crippen LogP contribution < -0.4 is 14.8 Å². The summed E-state index contributed by atoms with van der Waals surface area (Å²) in [4.78, 5) is 23.7. The van der Waals surface area contributed by atoms with Crippen molar-refractivity contribution in [2.24, 2.45) is 0 Å². The number of nitrogens with one attached hydrogen (secondary N) is 1. The fraction of sp³-hybridized carbons (Fsp3) is 0.263. The van der Waals surface area contributed by atoms with Crippen LogP contribution in [0.25, 0.3) is 0 Å². The van der Waals surface area contributed by atoms with Gasteiger partial charge < -0.3 is 19.5 Å². The number of rotatable bonds is 7. The highest BCUT2D eigenvalue weighted by Crippen LogP contribution is 2.24. The SMILES string of the molecule is CCOc1ccccc1NC(=O)c1ccc(OC(C)C(=O)OC)cc1. The summed E-state index contributed by atoms with van der Waals surface area (Å²) in [5.41, 5.74) is 1.07. The first-order valence-corrected chi connectivity index (χ1v) is 7.93. The Kier molecular flexibility index (Phi) is 6.39. The number of carbonyl (C=O) groups excluding carboxylic acids is 2. The van der Waals surface area contributed by atoms with Crippen LogP contribution in [0.15, 0.2) is 48.5 Å². The summed E-state index contributed by atoms with van der Waals surface area (Å²) in [5, 5.41) is 2.82. The lowest BCUT2D eigenvalue weighted by molar-refractivity contribution is -0.147. The first kappa shape index (κ1) is 18.3. The highest BCUT2D eigenvalue weighted by Gasteiger charge is 2.15. The van der Waals surface area contributed by atoms with Crippen molar-refractivity contribution >= 4 is 17.6 Å². The van der Waals surface area contributed by atoms with Crippen LogP contribution in [-0.2, 0) is 9.53 Å². The molecule has 0 aromatic heterocycles. The molecule has 1 atom stereocenters.